The Bertz CT molecular complexity index is 2130. The number of ether oxygens (including phenoxy) is 1. The number of aliphatic hydroxyl groups excluding tert-OH is 18. The molecule has 0 amide bonds. The molecule has 0 bridgehead atoms. The van der Waals surface area contributed by atoms with Crippen LogP contribution in [0.5, 0.6) is 0 Å². The molecule has 10 atom stereocenters. The van der Waals surface area contributed by atoms with Gasteiger partial charge < -0.3 is 122 Å². The molecule has 0 aliphatic rings. The average molecular weight is 1730 g/mol. The molecule has 0 aromatic carbocycles. The molecule has 0 unspecified atom stereocenters. The van der Waals surface area contributed by atoms with Crippen molar-refractivity contribution in [3.05, 3.63) is 48.6 Å². The van der Waals surface area contributed by atoms with Crippen LogP contribution in [0.2, 0.25) is 0 Å². The molecule has 0 radical (unpaired) electrons. The van der Waals surface area contributed by atoms with Gasteiger partial charge in [-0.25, -0.2) is 0 Å². The lowest BCUT2D eigenvalue weighted by atomic mass is 9.69. The normalized spacial score (nSPS) is 14.5. The summed E-state index contributed by atoms with van der Waals surface area (Å²) in [4.78, 5) is 42.9. The van der Waals surface area contributed by atoms with Gasteiger partial charge in [0.1, 0.15) is 60.5 Å². The third-order valence-electron chi connectivity index (χ3n) is 21.2. The largest absolute Gasteiger partial charge is 0.481 e. The van der Waals surface area contributed by atoms with Gasteiger partial charge in [0.25, 0.3) is 0 Å². The Labute approximate surface area is 721 Å². The van der Waals surface area contributed by atoms with Gasteiger partial charge in [-0.2, -0.15) is 0 Å². The molecule has 0 heterocycles. The fraction of sp³-hybridized carbons (Fsp3) is 0.870. The molecule has 0 aromatic heterocycles. The minimum absolute atomic E-state index is 0.272. The van der Waals surface area contributed by atoms with E-state index in [0.29, 0.717) is 25.9 Å². The van der Waals surface area contributed by atoms with E-state index in [0.717, 1.165) is 276 Å². The molecule has 120 heavy (non-hydrogen) atoms. The van der Waals surface area contributed by atoms with Crippen LogP contribution in [-0.4, -0.2) is 274 Å². The van der Waals surface area contributed by atoms with E-state index >= 15 is 0 Å². The maximum atomic E-state index is 13.1. The lowest BCUT2D eigenvalue weighted by molar-refractivity contribution is -0.242. The van der Waals surface area contributed by atoms with E-state index in [1.165, 1.54) is 57.8 Å². The Balaban J connectivity index is -0.00000114. The molecule has 0 saturated carbocycles. The Morgan fingerprint density at radius 3 is 0.550 bits per heavy atom. The Kier molecular flexibility index (Phi) is 99.3. The third-order valence-corrected chi connectivity index (χ3v) is 21.2. The minimum Gasteiger partial charge on any atom is -0.481 e. The summed E-state index contributed by atoms with van der Waals surface area (Å²) >= 11 is 0. The first kappa shape index (κ1) is 125. The van der Waals surface area contributed by atoms with Crippen LogP contribution in [0, 0.1) is 0 Å². The Hall–Kier alpha value is -3.96. The number of allylic oxidation sites excluding steroid dienone is 8. The number of aliphatic hydroxyl groups is 19. The van der Waals surface area contributed by atoms with Crippen molar-refractivity contribution in [1.29, 1.82) is 0 Å². The van der Waals surface area contributed by atoms with Gasteiger partial charge in [0.05, 0.1) is 65.1 Å². The highest BCUT2D eigenvalue weighted by molar-refractivity contribution is 5.67. The molecule has 28 heteroatoms. The van der Waals surface area contributed by atoms with E-state index in [1.54, 1.807) is 0 Å². The van der Waals surface area contributed by atoms with Gasteiger partial charge in [-0.05, 0) is 154 Å². The van der Waals surface area contributed by atoms with Crippen molar-refractivity contribution in [3.8, 4) is 0 Å². The van der Waals surface area contributed by atoms with Crippen molar-refractivity contribution in [3.63, 3.8) is 0 Å². The van der Waals surface area contributed by atoms with E-state index in [2.05, 4.69) is 48.6 Å². The van der Waals surface area contributed by atoms with Crippen molar-refractivity contribution in [2.24, 2.45) is 0 Å². The Morgan fingerprint density at radius 1 is 0.217 bits per heavy atom. The predicted molar refractivity (Wildman–Crippen MR) is 471 cm³/mol. The van der Waals surface area contributed by atoms with Crippen molar-refractivity contribution in [2.75, 3.05) is 66.1 Å². The number of rotatable bonds is 84. The highest BCUT2D eigenvalue weighted by atomic mass is 16.5. The topological polar surface area (TPSA) is 543 Å². The van der Waals surface area contributed by atoms with Crippen LogP contribution in [0.25, 0.3) is 0 Å². The maximum absolute atomic E-state index is 13.1. The average Bonchev–Trinajstić information content (AvgIpc) is 0.765. The molecule has 714 valence electrons. The number of hydrogen-bond donors (Lipinski definition) is 23. The minimum atomic E-state index is -1.57. The second kappa shape index (κ2) is 95.7. The first-order valence-corrected chi connectivity index (χ1v) is 46.2. The van der Waals surface area contributed by atoms with Gasteiger partial charge in [0, 0.05) is 32.3 Å². The van der Waals surface area contributed by atoms with E-state index in [4.69, 9.17) is 107 Å². The summed E-state index contributed by atoms with van der Waals surface area (Å²) in [5.74, 6) is -2.81. The number of carboxylic acid groups (broad SMARTS) is 4. The zero-order valence-corrected chi connectivity index (χ0v) is 73.9. The standard InChI is InChI=1S/C76H138O12.4C4H10O4/c77-69-70(78)76(87,67-59-51-43-35-27-19-11-3-7-15-23-31-39-47-55-63-73(83)84)75(65-57-49-41-33-25-17-9-1-5-13-21-29-37-45-53-61-71(79)80,66-58-50-42-34-26-18-10-2-6-14-22-30-38-46-54-62-72(81)82)88-68-60-52-44-36-28-20-12-4-8-16-24-32-40-48-56-64-74(85)86;4*5-1-3(7)4(8)2-6/h1-8,70,77-78,87H,9-69H2,(H,79,80)(H,81,82)(H,83,84)(H,85,86);4*3-8H,1-2H2/b5-1-,6-2-,7-3-,8-4-;;;;/t70-,76-;4*3-,4+/m1..../s1. The van der Waals surface area contributed by atoms with Crippen LogP contribution in [0.1, 0.15) is 379 Å². The van der Waals surface area contributed by atoms with E-state index in [1.807, 2.05) is 0 Å². The van der Waals surface area contributed by atoms with Gasteiger partial charge in [-0.1, -0.05) is 248 Å². The second-order valence-electron chi connectivity index (χ2n) is 32.0. The highest BCUT2D eigenvalue weighted by Gasteiger charge is 2.54. The van der Waals surface area contributed by atoms with Crippen LogP contribution < -0.4 is 0 Å². The van der Waals surface area contributed by atoms with Crippen LogP contribution >= 0.6 is 0 Å². The lowest BCUT2D eigenvalue weighted by Crippen LogP contribution is -2.63. The molecule has 23 N–H and O–H groups in total. The van der Waals surface area contributed by atoms with Crippen LogP contribution in [0.3, 0.4) is 0 Å². The first-order valence-electron chi connectivity index (χ1n) is 46.2. The van der Waals surface area contributed by atoms with E-state index < -0.39 is 149 Å². The van der Waals surface area contributed by atoms with Crippen molar-refractivity contribution in [1.82, 2.24) is 0 Å². The second-order valence-corrected chi connectivity index (χ2v) is 32.0. The number of carbonyl (C=O) groups is 4. The summed E-state index contributed by atoms with van der Waals surface area (Å²) in [6.45, 7) is -4.17. The van der Waals surface area contributed by atoms with Gasteiger partial charge in [0.2, 0.25) is 0 Å². The van der Waals surface area contributed by atoms with Gasteiger partial charge >= 0.3 is 23.9 Å². The monoisotopic (exact) mass is 1730 g/mol. The summed E-state index contributed by atoms with van der Waals surface area (Å²) < 4.78 is 7.16. The smallest absolute Gasteiger partial charge is 0.303 e. The summed E-state index contributed by atoms with van der Waals surface area (Å²) in [5.41, 5.74) is -2.53. The van der Waals surface area contributed by atoms with Crippen LogP contribution in [0.15, 0.2) is 48.6 Å². The highest BCUT2D eigenvalue weighted by Crippen LogP contribution is 2.43. The Morgan fingerprint density at radius 2 is 0.375 bits per heavy atom. The molecule has 0 aliphatic carbocycles. The first-order chi connectivity index (χ1) is 57.8. The summed E-state index contributed by atoms with van der Waals surface area (Å²) in [6.07, 6.45) is 65.9. The molecule has 0 saturated heterocycles. The summed E-state index contributed by atoms with van der Waals surface area (Å²) in [6, 6.07) is 0. The van der Waals surface area contributed by atoms with Crippen molar-refractivity contribution in [2.45, 2.75) is 445 Å². The molecule has 0 aromatic rings. The summed E-state index contributed by atoms with van der Waals surface area (Å²) in [5, 5.41) is 204. The van der Waals surface area contributed by atoms with E-state index in [-0.39, 0.29) is 25.7 Å². The molecule has 0 spiro atoms. The quantitative estimate of drug-likeness (QED) is 0.0199. The van der Waals surface area contributed by atoms with Crippen molar-refractivity contribution >= 4 is 23.9 Å². The number of carboxylic acids is 4. The molecule has 28 nitrogen and oxygen atoms in total. The molecular weight excluding hydrogens is 1550 g/mol. The fourth-order valence-electron chi connectivity index (χ4n) is 13.3. The SMILES string of the molecule is O=C(O)CCCCCCC/C=C\CCCCCCCCOC(CCCCCCCC/C=C\CCCCCCCC(=O)O)(CCCCCCCC/C=C\CCCCCCCC(=O)O)[C@@](O)(CCCCCCCC/C=C\CCCCCCCC(=O)O)[C@H](O)CO.OC[C@@H](O)[C@@H](O)CO.OC[C@@H](O)[C@@H](O)CO.OC[C@@H](O)[C@@H](O)CO.OC[C@@H](O)[C@@H](O)CO. The fourth-order valence-corrected chi connectivity index (χ4v) is 13.3. The molecule has 0 aliphatic heterocycles. The third kappa shape index (κ3) is 86.2. The zero-order chi connectivity index (χ0) is 90.7. The number of hydrogen-bond acceptors (Lipinski definition) is 24. The maximum Gasteiger partial charge on any atom is 0.303 e. The predicted octanol–water partition coefficient (Wildman–Crippen LogP) is 12.2. The van der Waals surface area contributed by atoms with Crippen LogP contribution in [0.4, 0.5) is 0 Å². The van der Waals surface area contributed by atoms with Gasteiger partial charge in [-0.3, -0.25) is 19.2 Å². The van der Waals surface area contributed by atoms with Crippen LogP contribution in [-0.2, 0) is 23.9 Å². The van der Waals surface area contributed by atoms with Crippen molar-refractivity contribution < 1.29 is 141 Å². The van der Waals surface area contributed by atoms with Gasteiger partial charge in [0.15, 0.2) is 0 Å². The molecule has 0 rings (SSSR count). The number of unbranched alkanes of at least 4 members (excludes halogenated alkanes) is 44. The molecular formula is C92H178O28. The summed E-state index contributed by atoms with van der Waals surface area (Å²) in [7, 11) is 0. The molecule has 0 fully saturated rings. The van der Waals surface area contributed by atoms with Gasteiger partial charge in [-0.15, -0.1) is 0 Å². The zero-order valence-electron chi connectivity index (χ0n) is 73.9. The van der Waals surface area contributed by atoms with E-state index in [9.17, 15) is 34.5 Å². The lowest BCUT2D eigenvalue weighted by Gasteiger charge is -2.50. The number of aliphatic carboxylic acids is 4.